The van der Waals surface area contributed by atoms with Gasteiger partial charge in [0.15, 0.2) is 5.69 Å². The standard InChI is InChI=1S/C24H20BrN2O.BrH/c1-28-21-13-11-20(12-14-21)27-23(18-6-9-19(25)10-7-18)16-26-22-5-3-2-4-17(22)8-15-24(26)27;/h2-7,9-14,16H,8,15H2,1H3;1H/q+1;/p-1. The van der Waals surface area contributed by atoms with Crippen LogP contribution in [-0.4, -0.2) is 11.7 Å². The molecule has 5 heteroatoms. The number of hydrogen-bond acceptors (Lipinski definition) is 1. The molecular formula is C24H20Br2N2O. The molecule has 0 fully saturated rings. The zero-order valence-electron chi connectivity index (χ0n) is 16.0. The minimum Gasteiger partial charge on any atom is -1.00 e. The van der Waals surface area contributed by atoms with Crippen LogP contribution in [0.2, 0.25) is 0 Å². The predicted molar refractivity (Wildman–Crippen MR) is 114 cm³/mol. The summed E-state index contributed by atoms with van der Waals surface area (Å²) in [5.74, 6) is 2.16. The van der Waals surface area contributed by atoms with Gasteiger partial charge in [-0.25, -0.2) is 0 Å². The van der Waals surface area contributed by atoms with Gasteiger partial charge >= 0.3 is 0 Å². The van der Waals surface area contributed by atoms with Crippen molar-refractivity contribution in [2.24, 2.45) is 0 Å². The molecule has 3 aromatic carbocycles. The molecule has 1 aliphatic rings. The van der Waals surface area contributed by atoms with Gasteiger partial charge in [-0.3, -0.25) is 0 Å². The Hall–Kier alpha value is -2.37. The van der Waals surface area contributed by atoms with E-state index in [0.717, 1.165) is 28.8 Å². The number of para-hydroxylation sites is 1. The van der Waals surface area contributed by atoms with Gasteiger partial charge in [0.1, 0.15) is 23.3 Å². The average molecular weight is 512 g/mol. The maximum Gasteiger partial charge on any atom is 0.267 e. The summed E-state index contributed by atoms with van der Waals surface area (Å²) < 4.78 is 11.2. The first-order valence-corrected chi connectivity index (χ1v) is 10.2. The molecule has 146 valence electrons. The van der Waals surface area contributed by atoms with Crippen molar-refractivity contribution in [3.8, 4) is 28.4 Å². The van der Waals surface area contributed by atoms with E-state index in [4.69, 9.17) is 4.74 Å². The molecule has 0 unspecified atom stereocenters. The molecule has 3 nitrogen and oxygen atoms in total. The summed E-state index contributed by atoms with van der Waals surface area (Å²) in [7, 11) is 1.70. The number of methoxy groups -OCH3 is 1. The summed E-state index contributed by atoms with van der Waals surface area (Å²) >= 11 is 3.55. The molecule has 0 atom stereocenters. The van der Waals surface area contributed by atoms with Gasteiger partial charge < -0.3 is 21.7 Å². The third kappa shape index (κ3) is 3.53. The Bertz CT molecular complexity index is 1150. The fourth-order valence-corrected chi connectivity index (χ4v) is 4.25. The van der Waals surface area contributed by atoms with Crippen molar-refractivity contribution in [2.45, 2.75) is 12.8 Å². The second-order valence-corrected chi connectivity index (χ2v) is 7.89. The van der Waals surface area contributed by atoms with Gasteiger partial charge in [0.05, 0.1) is 13.5 Å². The lowest BCUT2D eigenvalue weighted by Crippen LogP contribution is -3.00. The van der Waals surface area contributed by atoms with Gasteiger partial charge in [0.25, 0.3) is 5.82 Å². The first kappa shape index (κ1) is 19.9. The highest BCUT2D eigenvalue weighted by Crippen LogP contribution is 2.30. The summed E-state index contributed by atoms with van der Waals surface area (Å²) in [5.41, 5.74) is 6.19. The number of hydrogen-bond donors (Lipinski definition) is 0. The van der Waals surface area contributed by atoms with Crippen LogP contribution in [0, 0.1) is 0 Å². The van der Waals surface area contributed by atoms with Crippen LogP contribution < -0.4 is 26.3 Å². The quantitative estimate of drug-likeness (QED) is 0.386. The van der Waals surface area contributed by atoms with E-state index in [0.29, 0.717) is 0 Å². The lowest BCUT2D eigenvalue weighted by molar-refractivity contribution is -0.606. The molecule has 0 amide bonds. The van der Waals surface area contributed by atoms with Crippen molar-refractivity contribution in [1.82, 2.24) is 4.57 Å². The molecule has 0 saturated carbocycles. The molecule has 5 rings (SSSR count). The zero-order valence-corrected chi connectivity index (χ0v) is 19.2. The highest BCUT2D eigenvalue weighted by molar-refractivity contribution is 9.10. The van der Waals surface area contributed by atoms with E-state index < -0.39 is 0 Å². The Kier molecular flexibility index (Phi) is 5.61. The Morgan fingerprint density at radius 2 is 1.62 bits per heavy atom. The monoisotopic (exact) mass is 510 g/mol. The lowest BCUT2D eigenvalue weighted by Gasteiger charge is -2.14. The summed E-state index contributed by atoms with van der Waals surface area (Å²) in [6.07, 6.45) is 4.32. The van der Waals surface area contributed by atoms with Gasteiger partial charge in [-0.2, -0.15) is 9.13 Å². The Morgan fingerprint density at radius 3 is 2.34 bits per heavy atom. The van der Waals surface area contributed by atoms with Gasteiger partial charge in [0.2, 0.25) is 0 Å². The maximum atomic E-state index is 5.35. The highest BCUT2D eigenvalue weighted by atomic mass is 79.9. The van der Waals surface area contributed by atoms with Crippen molar-refractivity contribution in [2.75, 3.05) is 7.11 Å². The molecular weight excluding hydrogens is 492 g/mol. The topological polar surface area (TPSA) is 18.0 Å². The number of rotatable bonds is 3. The summed E-state index contributed by atoms with van der Waals surface area (Å²) in [4.78, 5) is 0. The smallest absolute Gasteiger partial charge is 0.267 e. The number of benzene rings is 3. The lowest BCUT2D eigenvalue weighted by atomic mass is 10.0. The maximum absolute atomic E-state index is 5.35. The number of nitrogens with zero attached hydrogens (tertiary/aromatic N) is 2. The van der Waals surface area contributed by atoms with Crippen LogP contribution in [-0.2, 0) is 12.8 Å². The predicted octanol–water partition coefficient (Wildman–Crippen LogP) is 2.29. The van der Waals surface area contributed by atoms with Crippen molar-refractivity contribution >= 4 is 15.9 Å². The van der Waals surface area contributed by atoms with E-state index in [9.17, 15) is 0 Å². The Morgan fingerprint density at radius 1 is 0.897 bits per heavy atom. The molecule has 0 spiro atoms. The number of halogens is 2. The Labute approximate surface area is 189 Å². The second kappa shape index (κ2) is 8.17. The molecule has 0 bridgehead atoms. The number of aryl methyl sites for hydroxylation is 1. The van der Waals surface area contributed by atoms with Gasteiger partial charge in [-0.15, -0.1) is 0 Å². The van der Waals surface area contributed by atoms with E-state index in [1.165, 1.54) is 28.3 Å². The molecule has 0 radical (unpaired) electrons. The van der Waals surface area contributed by atoms with Crippen LogP contribution in [0.3, 0.4) is 0 Å². The van der Waals surface area contributed by atoms with Crippen LogP contribution in [0.15, 0.2) is 83.5 Å². The van der Waals surface area contributed by atoms with Crippen molar-refractivity contribution in [3.05, 3.63) is 94.9 Å². The molecule has 1 aliphatic heterocycles. The molecule has 2 heterocycles. The minimum atomic E-state index is 0. The van der Waals surface area contributed by atoms with Crippen LogP contribution in [0.4, 0.5) is 0 Å². The zero-order chi connectivity index (χ0) is 19.1. The average Bonchev–Trinajstić information content (AvgIpc) is 3.14. The molecule has 0 aliphatic carbocycles. The largest absolute Gasteiger partial charge is 1.00 e. The number of imidazole rings is 1. The van der Waals surface area contributed by atoms with Gasteiger partial charge in [0, 0.05) is 10.0 Å². The van der Waals surface area contributed by atoms with Crippen molar-refractivity contribution in [1.29, 1.82) is 0 Å². The number of fused-ring (bicyclic) bond motifs is 3. The van der Waals surface area contributed by atoms with E-state index in [1.807, 2.05) is 12.1 Å². The van der Waals surface area contributed by atoms with Crippen LogP contribution in [0.1, 0.15) is 11.4 Å². The third-order valence-corrected chi connectivity index (χ3v) is 5.90. The molecule has 0 N–H and O–H groups in total. The summed E-state index contributed by atoms with van der Waals surface area (Å²) in [5, 5.41) is 0. The van der Waals surface area contributed by atoms with Gasteiger partial charge in [-0.05, 0) is 66.6 Å². The second-order valence-electron chi connectivity index (χ2n) is 6.97. The molecule has 4 aromatic rings. The number of ether oxygens (including phenoxy) is 1. The number of aromatic nitrogens is 2. The van der Waals surface area contributed by atoms with E-state index in [1.54, 1.807) is 7.11 Å². The highest BCUT2D eigenvalue weighted by Gasteiger charge is 2.31. The van der Waals surface area contributed by atoms with Crippen molar-refractivity contribution in [3.63, 3.8) is 0 Å². The van der Waals surface area contributed by atoms with Crippen LogP contribution in [0.5, 0.6) is 5.75 Å². The SMILES string of the molecule is COc1ccc(-n2c(-c3ccc(Br)cc3)c[n+]3c2CCc2ccccc2-3)cc1.[Br-]. The molecule has 0 saturated heterocycles. The van der Waals surface area contributed by atoms with E-state index >= 15 is 0 Å². The summed E-state index contributed by atoms with van der Waals surface area (Å²) in [6.45, 7) is 0. The van der Waals surface area contributed by atoms with E-state index in [2.05, 4.69) is 91.9 Å². The van der Waals surface area contributed by atoms with Gasteiger partial charge in [-0.1, -0.05) is 34.1 Å². The fraction of sp³-hybridized carbons (Fsp3) is 0.125. The minimum absolute atomic E-state index is 0. The summed E-state index contributed by atoms with van der Waals surface area (Å²) in [6, 6.07) is 25.5. The fourth-order valence-electron chi connectivity index (χ4n) is 3.99. The Balaban J connectivity index is 0.00000205. The molecule has 29 heavy (non-hydrogen) atoms. The molecule has 1 aromatic heterocycles. The third-order valence-electron chi connectivity index (χ3n) is 5.37. The van der Waals surface area contributed by atoms with Crippen LogP contribution in [0.25, 0.3) is 22.6 Å². The first-order valence-electron chi connectivity index (χ1n) is 9.39. The first-order chi connectivity index (χ1) is 13.7. The van der Waals surface area contributed by atoms with E-state index in [-0.39, 0.29) is 17.0 Å². The van der Waals surface area contributed by atoms with Crippen LogP contribution >= 0.6 is 15.9 Å². The van der Waals surface area contributed by atoms with Crippen molar-refractivity contribution < 1.29 is 26.3 Å². The normalized spacial score (nSPS) is 11.9.